The fourth-order valence-electron chi connectivity index (χ4n) is 12.3. The molecule has 4 aliphatic heterocycles. The van der Waals surface area contributed by atoms with Crippen molar-refractivity contribution in [3.63, 3.8) is 0 Å². The van der Waals surface area contributed by atoms with Crippen molar-refractivity contribution in [1.82, 2.24) is 19.8 Å². The molecular weight excluding hydrogens is 1220 g/mol. The Morgan fingerprint density at radius 3 is 1.57 bits per heavy atom. The minimum atomic E-state index is -1.15. The topological polar surface area (TPSA) is 257 Å². The van der Waals surface area contributed by atoms with E-state index in [4.69, 9.17) is 49.0 Å². The van der Waals surface area contributed by atoms with Gasteiger partial charge in [0.25, 0.3) is 5.19 Å². The van der Waals surface area contributed by atoms with Gasteiger partial charge in [-0.2, -0.15) is 0 Å². The number of ketones is 2. The highest BCUT2D eigenvalue weighted by Crippen LogP contribution is 2.58. The van der Waals surface area contributed by atoms with Gasteiger partial charge >= 0.3 is 23.9 Å². The molecule has 4 aromatic rings. The molecule has 2 aromatic carbocycles. The van der Waals surface area contributed by atoms with E-state index >= 15 is 0 Å². The molecular formula is C64H79Cl3N4O14S2. The Kier molecular flexibility index (Phi) is 22.1. The molecule has 87 heavy (non-hydrogen) atoms. The highest BCUT2D eigenvalue weighted by molar-refractivity contribution is 7.22. The summed E-state index contributed by atoms with van der Waals surface area (Å²) in [5, 5.41) is 31.9. The van der Waals surface area contributed by atoms with Crippen LogP contribution >= 0.6 is 57.5 Å². The number of fused-ring (bicyclic) bond motifs is 6. The molecule has 0 radical (unpaired) electrons. The van der Waals surface area contributed by atoms with Crippen LogP contribution in [0.2, 0.25) is 14.5 Å². The molecule has 6 aliphatic rings. The molecule has 18 nitrogen and oxygen atoms in total. The van der Waals surface area contributed by atoms with Crippen molar-refractivity contribution >= 4 is 125 Å². The predicted molar refractivity (Wildman–Crippen MR) is 333 cm³/mol. The molecule has 2 amide bonds. The van der Waals surface area contributed by atoms with E-state index in [1.54, 1.807) is 65.8 Å². The third-order valence-electron chi connectivity index (χ3n) is 16.8. The molecule has 4 fully saturated rings. The van der Waals surface area contributed by atoms with Crippen LogP contribution in [-0.2, 0) is 47.8 Å². The maximum atomic E-state index is 14.1. The van der Waals surface area contributed by atoms with Crippen LogP contribution in [0.25, 0.3) is 20.4 Å². The quantitative estimate of drug-likeness (QED) is 0.109. The Bertz CT molecular complexity index is 3280. The number of Topliss-reactive ketones (excluding diaryl/α,β-unsaturated/α-hetero) is 2. The number of hydrogen-bond acceptors (Lipinski definition) is 16. The number of halogens is 3. The SMILES string of the molecule is CC(C)(C)OC(=O)C[C@H]1CCCCC/C=C\[C@@H]2C[C@@]2(C(=O)O)CC(=O)[C@@H]2C[C@@H](O)CN2C1=O.CC(C)(C)OC(=O)C[C@H]1CCCCC/C=C\[C@@H]2C[C@@]2(C(=O)O)CC(=O)[C@@H]2C[C@@H](Oc3nc4ccc(Cl)cc4s3)CN2C1=O.Clc1ccc2nc(Cl)sc2c1. The minimum Gasteiger partial charge on any atom is -0.481 e. The second-order valence-corrected chi connectivity index (χ2v) is 29.5. The normalized spacial score (nSPS) is 28.9. The zero-order valence-electron chi connectivity index (χ0n) is 50.1. The van der Waals surface area contributed by atoms with Crippen LogP contribution in [-0.4, -0.2) is 131 Å². The van der Waals surface area contributed by atoms with Gasteiger partial charge in [-0.15, -0.1) is 11.3 Å². The summed E-state index contributed by atoms with van der Waals surface area (Å²) in [6.07, 6.45) is 14.8. The predicted octanol–water partition coefficient (Wildman–Crippen LogP) is 12.7. The van der Waals surface area contributed by atoms with Crippen LogP contribution in [0.3, 0.4) is 0 Å². The molecule has 2 aliphatic carbocycles. The summed E-state index contributed by atoms with van der Waals surface area (Å²) in [4.78, 5) is 116. The lowest BCUT2D eigenvalue weighted by Crippen LogP contribution is -2.45. The largest absolute Gasteiger partial charge is 0.481 e. The first kappa shape index (κ1) is 67.4. The van der Waals surface area contributed by atoms with Crippen molar-refractivity contribution in [2.45, 2.75) is 193 Å². The molecule has 0 bridgehead atoms. The smallest absolute Gasteiger partial charge is 0.310 e. The van der Waals surface area contributed by atoms with Gasteiger partial charge in [0.2, 0.25) is 11.8 Å². The minimum absolute atomic E-state index is 0.0173. The lowest BCUT2D eigenvalue weighted by molar-refractivity contribution is -0.159. The number of hydrogen-bond donors (Lipinski definition) is 3. The van der Waals surface area contributed by atoms with Gasteiger partial charge in [0.15, 0.2) is 16.0 Å². The van der Waals surface area contributed by atoms with Crippen LogP contribution in [0.4, 0.5) is 0 Å². The number of carbonyl (C=O) groups is 8. The van der Waals surface area contributed by atoms with Gasteiger partial charge in [0.1, 0.15) is 17.3 Å². The Labute approximate surface area is 530 Å². The van der Waals surface area contributed by atoms with Crippen molar-refractivity contribution in [2.24, 2.45) is 34.5 Å². The van der Waals surface area contributed by atoms with E-state index in [1.807, 2.05) is 36.4 Å². The Morgan fingerprint density at radius 2 is 1.09 bits per heavy atom. The van der Waals surface area contributed by atoms with Gasteiger partial charge in [0.05, 0.1) is 68.8 Å². The molecule has 23 heteroatoms. The van der Waals surface area contributed by atoms with Crippen molar-refractivity contribution in [3.05, 3.63) is 75.2 Å². The Morgan fingerprint density at radius 1 is 0.632 bits per heavy atom. The lowest BCUT2D eigenvalue weighted by Gasteiger charge is -2.29. The summed E-state index contributed by atoms with van der Waals surface area (Å²) in [5.41, 5.74) is -1.98. The highest BCUT2D eigenvalue weighted by Gasteiger charge is 2.62. The number of aromatic nitrogens is 2. The second kappa shape index (κ2) is 28.5. The first-order valence-corrected chi connectivity index (χ1v) is 32.8. The molecule has 0 unspecified atom stereocenters. The highest BCUT2D eigenvalue weighted by atomic mass is 35.5. The zero-order chi connectivity index (χ0) is 63.2. The molecule has 2 saturated heterocycles. The van der Waals surface area contributed by atoms with Gasteiger partial charge in [-0.25, -0.2) is 9.97 Å². The van der Waals surface area contributed by atoms with Gasteiger partial charge in [-0.3, -0.25) is 38.4 Å². The second-order valence-electron chi connectivity index (χ2n) is 26.0. The first-order chi connectivity index (χ1) is 41.0. The van der Waals surface area contributed by atoms with Crippen LogP contribution in [0, 0.1) is 34.5 Å². The number of amides is 2. The number of aliphatic hydroxyl groups is 1. The standard InChI is InChI=1S/C32H39ClN2O7S.C25H37NO7.C7H3Cl2NS/c1-31(2,3)42-27(37)13-19-9-7-5-4-6-8-10-20-16-32(20,29(39)40)17-25(36)24-15-22(18-35(24)28(19)38)41-30-34-23-12-11-21(33)14-26(23)43-30;1-24(2,3)33-21(29)11-16-9-7-5-4-6-8-10-17-13-25(17,23(31)32)14-20(28)19-12-18(27)15-26(19)22(16)30;8-4-1-2-5-6(3-4)11-7(9)10-5/h8,10-12,14,19-20,22,24H,4-7,9,13,15-18H2,1-3H3,(H,39,40);8,10,16-19,27H,4-7,9,11-15H2,1-3H3,(H,31,32);1-3H/b2*10-8-;/t19-,20-,22-,24+,32-;16-,17-,18-,19+,25-;/m11./s1. The molecule has 0 spiro atoms. The van der Waals surface area contributed by atoms with Crippen molar-refractivity contribution < 1.29 is 67.9 Å². The van der Waals surface area contributed by atoms with Gasteiger partial charge in [-0.1, -0.05) is 96.1 Å². The van der Waals surface area contributed by atoms with E-state index in [1.165, 1.54) is 32.5 Å². The Balaban J connectivity index is 0.000000196. The third-order valence-corrected chi connectivity index (χ3v) is 19.3. The van der Waals surface area contributed by atoms with Crippen LogP contribution in [0.15, 0.2) is 60.7 Å². The number of carboxylic acids is 2. The number of aliphatic hydroxyl groups excluding tert-OH is 1. The number of thiazole rings is 2. The summed E-state index contributed by atoms with van der Waals surface area (Å²) in [7, 11) is 0. The van der Waals surface area contributed by atoms with Crippen molar-refractivity contribution in [2.75, 3.05) is 13.1 Å². The number of esters is 2. The van der Waals surface area contributed by atoms with E-state index in [0.29, 0.717) is 40.4 Å². The van der Waals surface area contributed by atoms with Gasteiger partial charge < -0.3 is 39.3 Å². The maximum absolute atomic E-state index is 14.1. The number of carboxylic acid groups (broad SMARTS) is 2. The monoisotopic (exact) mass is 1300 g/mol. The summed E-state index contributed by atoms with van der Waals surface area (Å²) < 4.78 is 19.7. The number of benzene rings is 2. The Hall–Kier alpha value is -5.51. The number of aliphatic carboxylic acids is 2. The number of allylic oxidation sites excluding steroid dienone is 4. The van der Waals surface area contributed by atoms with E-state index in [9.17, 15) is 53.7 Å². The van der Waals surface area contributed by atoms with Crippen molar-refractivity contribution in [1.29, 1.82) is 0 Å². The van der Waals surface area contributed by atoms with Crippen LogP contribution < -0.4 is 4.74 Å². The zero-order valence-corrected chi connectivity index (χ0v) is 54.0. The summed E-state index contributed by atoms with van der Waals surface area (Å²) in [5.74, 6) is -5.82. The van der Waals surface area contributed by atoms with E-state index in [0.717, 1.165) is 76.8 Å². The summed E-state index contributed by atoms with van der Waals surface area (Å²) in [6, 6.07) is 9.18. The number of ether oxygens (including phenoxy) is 3. The first-order valence-electron chi connectivity index (χ1n) is 30.1. The number of nitrogens with zero attached hydrogens (tertiary/aromatic N) is 4. The number of carbonyl (C=O) groups excluding carboxylic acids is 6. The van der Waals surface area contributed by atoms with E-state index in [2.05, 4.69) is 9.97 Å². The molecule has 2 aromatic heterocycles. The molecule has 6 heterocycles. The maximum Gasteiger partial charge on any atom is 0.310 e. The summed E-state index contributed by atoms with van der Waals surface area (Å²) in [6.45, 7) is 10.8. The number of rotatable bonds is 8. The average Bonchev–Trinajstić information content (AvgIpc) is 1.62. The van der Waals surface area contributed by atoms with E-state index in [-0.39, 0.29) is 86.8 Å². The van der Waals surface area contributed by atoms with Gasteiger partial charge in [-0.05, 0) is 141 Å². The fourth-order valence-corrected chi connectivity index (χ4v) is 14.7. The van der Waals surface area contributed by atoms with Gasteiger partial charge in [0, 0.05) is 54.1 Å². The molecule has 2 saturated carbocycles. The average molecular weight is 1300 g/mol. The van der Waals surface area contributed by atoms with Crippen molar-refractivity contribution in [3.8, 4) is 5.19 Å². The third kappa shape index (κ3) is 17.9. The van der Waals surface area contributed by atoms with Crippen LogP contribution in [0.5, 0.6) is 5.19 Å². The fraction of sp³-hybridized carbons (Fsp3) is 0.594. The van der Waals surface area contributed by atoms with E-state index < -0.39 is 82.0 Å². The van der Waals surface area contributed by atoms with Crippen LogP contribution in [0.1, 0.15) is 157 Å². The molecule has 10 atom stereocenters. The molecule has 3 N–H and O–H groups in total. The molecule has 472 valence electrons. The molecule has 10 rings (SSSR count). The summed E-state index contributed by atoms with van der Waals surface area (Å²) >= 11 is 20.4. The lowest BCUT2D eigenvalue weighted by atomic mass is 9.91.